The largest absolute Gasteiger partial charge is 0.463 e. The van der Waals surface area contributed by atoms with Crippen LogP contribution >= 0.6 is 11.3 Å². The van der Waals surface area contributed by atoms with Crippen LogP contribution in [0.15, 0.2) is 22.8 Å². The summed E-state index contributed by atoms with van der Waals surface area (Å²) in [6, 6.07) is 3.54. The van der Waals surface area contributed by atoms with Gasteiger partial charge in [0.2, 0.25) is 5.13 Å². The van der Waals surface area contributed by atoms with Crippen LogP contribution in [0.25, 0.3) is 11.1 Å². The number of fused-ring (bicyclic) bond motifs is 1. The number of nitrogens with one attached hydrogen (secondary N) is 1. The molecule has 0 aromatic carbocycles. The third-order valence-electron chi connectivity index (χ3n) is 3.05. The van der Waals surface area contributed by atoms with Crippen molar-refractivity contribution in [2.75, 3.05) is 5.32 Å². The van der Waals surface area contributed by atoms with Crippen molar-refractivity contribution >= 4 is 33.5 Å². The summed E-state index contributed by atoms with van der Waals surface area (Å²) in [7, 11) is 1.83. The molecular weight excluding hydrogens is 276 g/mol. The molecule has 0 aliphatic rings. The molecule has 1 N–H and O–H groups in total. The third-order valence-corrected chi connectivity index (χ3v) is 4.19. The van der Waals surface area contributed by atoms with E-state index in [1.165, 1.54) is 11.3 Å². The Kier molecular flexibility index (Phi) is 3.06. The Morgan fingerprint density at radius 3 is 2.90 bits per heavy atom. The maximum Gasteiger partial charge on any atom is 0.274 e. The number of anilines is 1. The molecule has 0 fully saturated rings. The number of hydrogen-bond donors (Lipinski definition) is 1. The van der Waals surface area contributed by atoms with Crippen molar-refractivity contribution < 1.29 is 9.21 Å². The standard InChI is InChI=1S/C13H14N4O2S/c1-7(2)12-15-16-13(20-12)14-11(18)9-6-10-8(17(9)3)4-5-19-10/h4-7H,1-3H3,(H,14,16,18). The summed E-state index contributed by atoms with van der Waals surface area (Å²) in [5.74, 6) is 0.0842. The fourth-order valence-corrected chi connectivity index (χ4v) is 2.69. The topological polar surface area (TPSA) is 73.0 Å². The fraction of sp³-hybridized carbons (Fsp3) is 0.308. The van der Waals surface area contributed by atoms with E-state index in [-0.39, 0.29) is 5.91 Å². The Bertz CT molecular complexity index is 768. The molecule has 20 heavy (non-hydrogen) atoms. The number of amides is 1. The van der Waals surface area contributed by atoms with Gasteiger partial charge in [0.15, 0.2) is 5.58 Å². The number of furan rings is 1. The molecule has 0 saturated carbocycles. The van der Waals surface area contributed by atoms with Gasteiger partial charge in [0.05, 0.1) is 11.8 Å². The molecule has 0 spiro atoms. The van der Waals surface area contributed by atoms with Gasteiger partial charge in [-0.2, -0.15) is 0 Å². The monoisotopic (exact) mass is 290 g/mol. The average molecular weight is 290 g/mol. The Hall–Kier alpha value is -2.15. The number of carbonyl (C=O) groups excluding carboxylic acids is 1. The minimum absolute atomic E-state index is 0.217. The summed E-state index contributed by atoms with van der Waals surface area (Å²) in [5.41, 5.74) is 2.11. The van der Waals surface area contributed by atoms with Gasteiger partial charge in [-0.1, -0.05) is 25.2 Å². The number of hydrogen-bond acceptors (Lipinski definition) is 5. The first kappa shape index (κ1) is 12.9. The zero-order valence-corrected chi connectivity index (χ0v) is 12.2. The van der Waals surface area contributed by atoms with Gasteiger partial charge < -0.3 is 8.98 Å². The first-order valence-electron chi connectivity index (χ1n) is 6.24. The van der Waals surface area contributed by atoms with E-state index in [4.69, 9.17) is 4.42 Å². The molecule has 0 atom stereocenters. The van der Waals surface area contributed by atoms with E-state index in [2.05, 4.69) is 15.5 Å². The zero-order valence-electron chi connectivity index (χ0n) is 11.4. The smallest absolute Gasteiger partial charge is 0.274 e. The minimum Gasteiger partial charge on any atom is -0.463 e. The first-order valence-corrected chi connectivity index (χ1v) is 7.05. The van der Waals surface area contributed by atoms with Crippen LogP contribution in [0.2, 0.25) is 0 Å². The molecule has 0 bridgehead atoms. The molecule has 3 aromatic rings. The van der Waals surface area contributed by atoms with Crippen LogP contribution in [-0.4, -0.2) is 20.7 Å². The molecule has 0 aliphatic carbocycles. The number of nitrogens with zero attached hydrogens (tertiary/aromatic N) is 3. The highest BCUT2D eigenvalue weighted by Gasteiger charge is 2.17. The summed E-state index contributed by atoms with van der Waals surface area (Å²) >= 11 is 1.39. The highest BCUT2D eigenvalue weighted by molar-refractivity contribution is 7.15. The third kappa shape index (κ3) is 2.09. The lowest BCUT2D eigenvalue weighted by molar-refractivity contribution is 0.101. The molecule has 6 nitrogen and oxygen atoms in total. The van der Waals surface area contributed by atoms with E-state index in [0.717, 1.165) is 10.5 Å². The number of rotatable bonds is 3. The Balaban J connectivity index is 1.84. The lowest BCUT2D eigenvalue weighted by Crippen LogP contribution is -2.15. The molecule has 3 aromatic heterocycles. The van der Waals surface area contributed by atoms with Crippen molar-refractivity contribution in [3.63, 3.8) is 0 Å². The van der Waals surface area contributed by atoms with Crippen molar-refractivity contribution in [1.29, 1.82) is 0 Å². The molecule has 0 radical (unpaired) electrons. The first-order chi connectivity index (χ1) is 9.56. The number of aromatic nitrogens is 3. The minimum atomic E-state index is -0.217. The second kappa shape index (κ2) is 4.75. The highest BCUT2D eigenvalue weighted by atomic mass is 32.1. The normalized spacial score (nSPS) is 11.4. The fourth-order valence-electron chi connectivity index (χ4n) is 1.95. The van der Waals surface area contributed by atoms with Crippen LogP contribution < -0.4 is 5.32 Å². The van der Waals surface area contributed by atoms with Crippen LogP contribution in [0.1, 0.15) is 35.3 Å². The van der Waals surface area contributed by atoms with E-state index in [0.29, 0.717) is 22.3 Å². The van der Waals surface area contributed by atoms with Crippen molar-refractivity contribution in [1.82, 2.24) is 14.8 Å². The van der Waals surface area contributed by atoms with Gasteiger partial charge in [0.25, 0.3) is 5.91 Å². The highest BCUT2D eigenvalue weighted by Crippen LogP contribution is 2.24. The predicted octanol–water partition coefficient (Wildman–Crippen LogP) is 3.00. The molecule has 104 valence electrons. The van der Waals surface area contributed by atoms with Crippen molar-refractivity contribution in [2.45, 2.75) is 19.8 Å². The maximum atomic E-state index is 12.2. The van der Waals surface area contributed by atoms with Crippen LogP contribution in [0.4, 0.5) is 5.13 Å². The van der Waals surface area contributed by atoms with Crippen molar-refractivity contribution in [2.24, 2.45) is 7.05 Å². The summed E-state index contributed by atoms with van der Waals surface area (Å²) < 4.78 is 7.08. The second-order valence-electron chi connectivity index (χ2n) is 4.81. The van der Waals surface area contributed by atoms with Crippen LogP contribution in [0, 0.1) is 0 Å². The van der Waals surface area contributed by atoms with Gasteiger partial charge in [0, 0.05) is 25.1 Å². The van der Waals surface area contributed by atoms with Gasteiger partial charge in [-0.3, -0.25) is 10.1 Å². The number of carbonyl (C=O) groups is 1. The molecule has 3 rings (SSSR count). The summed E-state index contributed by atoms with van der Waals surface area (Å²) in [6.07, 6.45) is 1.60. The Labute approximate surface area is 119 Å². The van der Waals surface area contributed by atoms with Gasteiger partial charge in [0.1, 0.15) is 10.7 Å². The van der Waals surface area contributed by atoms with Crippen molar-refractivity contribution in [3.8, 4) is 0 Å². The van der Waals surface area contributed by atoms with E-state index in [9.17, 15) is 4.79 Å². The Morgan fingerprint density at radius 1 is 1.45 bits per heavy atom. The van der Waals surface area contributed by atoms with Crippen LogP contribution in [0.5, 0.6) is 0 Å². The second-order valence-corrected chi connectivity index (χ2v) is 5.82. The van der Waals surface area contributed by atoms with E-state index < -0.39 is 0 Å². The van der Waals surface area contributed by atoms with Gasteiger partial charge >= 0.3 is 0 Å². The molecule has 1 amide bonds. The average Bonchev–Trinajstić information content (AvgIpc) is 3.07. The lowest BCUT2D eigenvalue weighted by atomic mass is 10.2. The number of aryl methyl sites for hydroxylation is 1. The predicted molar refractivity (Wildman–Crippen MR) is 77.1 cm³/mol. The van der Waals surface area contributed by atoms with E-state index in [1.54, 1.807) is 16.9 Å². The maximum absolute atomic E-state index is 12.2. The summed E-state index contributed by atoms with van der Waals surface area (Å²) in [5, 5.41) is 12.2. The van der Waals surface area contributed by atoms with Crippen molar-refractivity contribution in [3.05, 3.63) is 29.1 Å². The molecule has 7 heteroatoms. The lowest BCUT2D eigenvalue weighted by Gasteiger charge is -2.02. The summed E-state index contributed by atoms with van der Waals surface area (Å²) in [4.78, 5) is 12.2. The van der Waals surface area contributed by atoms with Crippen LogP contribution in [0.3, 0.4) is 0 Å². The van der Waals surface area contributed by atoms with E-state index >= 15 is 0 Å². The summed E-state index contributed by atoms with van der Waals surface area (Å²) in [6.45, 7) is 4.08. The Morgan fingerprint density at radius 2 is 2.25 bits per heavy atom. The van der Waals surface area contributed by atoms with Gasteiger partial charge in [-0.15, -0.1) is 10.2 Å². The van der Waals surface area contributed by atoms with Gasteiger partial charge in [-0.05, 0) is 0 Å². The molecule has 0 unspecified atom stereocenters. The van der Waals surface area contributed by atoms with Gasteiger partial charge in [-0.25, -0.2) is 0 Å². The quantitative estimate of drug-likeness (QED) is 0.804. The molecule has 0 saturated heterocycles. The zero-order chi connectivity index (χ0) is 14.3. The molecule has 3 heterocycles. The van der Waals surface area contributed by atoms with E-state index in [1.807, 2.05) is 27.0 Å². The SMILES string of the molecule is CC(C)c1nnc(NC(=O)c2cc3occc3n2C)s1. The van der Waals surface area contributed by atoms with Crippen LogP contribution in [-0.2, 0) is 7.05 Å². The molecule has 0 aliphatic heterocycles. The molecular formula is C13H14N4O2S.